The Labute approximate surface area is 128 Å². The smallest absolute Gasteiger partial charge is 0.252 e. The summed E-state index contributed by atoms with van der Waals surface area (Å²) >= 11 is 1.63. The van der Waals surface area contributed by atoms with E-state index in [-0.39, 0.29) is 5.91 Å². The summed E-state index contributed by atoms with van der Waals surface area (Å²) < 4.78 is 0. The second kappa shape index (κ2) is 5.73. The third-order valence-corrected chi connectivity index (χ3v) is 5.29. The minimum atomic E-state index is -1.17. The van der Waals surface area contributed by atoms with Gasteiger partial charge in [-0.15, -0.1) is 0 Å². The number of amides is 1. The second-order valence-electron chi connectivity index (χ2n) is 5.61. The van der Waals surface area contributed by atoms with Crippen molar-refractivity contribution >= 4 is 28.6 Å². The van der Waals surface area contributed by atoms with Crippen molar-refractivity contribution in [2.75, 3.05) is 18.1 Å². The molecule has 1 aromatic carbocycles. The quantitative estimate of drug-likeness (QED) is 0.809. The average Bonchev–Trinajstić information content (AvgIpc) is 3.04. The summed E-state index contributed by atoms with van der Waals surface area (Å²) in [4.78, 5) is 15.4. The Morgan fingerprint density at radius 3 is 3.05 bits per heavy atom. The van der Waals surface area contributed by atoms with Gasteiger partial charge in [-0.2, -0.15) is 11.8 Å². The molecule has 1 fully saturated rings. The number of benzene rings is 1. The molecule has 1 aliphatic heterocycles. The van der Waals surface area contributed by atoms with Crippen molar-refractivity contribution in [1.82, 2.24) is 10.3 Å². The normalized spacial score (nSPS) is 21.8. The number of para-hydroxylation sites is 1. The highest BCUT2D eigenvalue weighted by Crippen LogP contribution is 2.28. The van der Waals surface area contributed by atoms with Crippen LogP contribution in [-0.2, 0) is 11.2 Å². The minimum absolute atomic E-state index is 0.231. The van der Waals surface area contributed by atoms with Gasteiger partial charge in [-0.25, -0.2) is 0 Å². The number of nitrogens with one attached hydrogen (secondary N) is 2. The maximum absolute atomic E-state index is 12.1. The molecule has 2 heterocycles. The molecule has 3 N–H and O–H groups in total. The van der Waals surface area contributed by atoms with Crippen LogP contribution in [0.15, 0.2) is 24.3 Å². The summed E-state index contributed by atoms with van der Waals surface area (Å²) in [6.45, 7) is 2.60. The van der Waals surface area contributed by atoms with Crippen molar-refractivity contribution in [3.63, 3.8) is 0 Å². The van der Waals surface area contributed by atoms with Gasteiger partial charge < -0.3 is 15.4 Å². The van der Waals surface area contributed by atoms with Crippen LogP contribution < -0.4 is 5.32 Å². The van der Waals surface area contributed by atoms with Crippen LogP contribution in [0, 0.1) is 6.92 Å². The summed E-state index contributed by atoms with van der Waals surface area (Å²) in [5.74, 6) is 1.13. The van der Waals surface area contributed by atoms with Gasteiger partial charge in [0.05, 0.1) is 0 Å². The van der Waals surface area contributed by atoms with Crippen molar-refractivity contribution < 1.29 is 9.90 Å². The van der Waals surface area contributed by atoms with E-state index in [2.05, 4.69) is 29.4 Å². The van der Waals surface area contributed by atoms with Gasteiger partial charge in [0.1, 0.15) is 0 Å². The van der Waals surface area contributed by atoms with E-state index in [4.69, 9.17) is 0 Å². The molecule has 0 saturated carbocycles. The number of aromatic amines is 1. The number of carbonyl (C=O) groups is 1. The Morgan fingerprint density at radius 2 is 2.29 bits per heavy atom. The van der Waals surface area contributed by atoms with Gasteiger partial charge in [-0.1, -0.05) is 18.2 Å². The first kappa shape index (κ1) is 14.5. The molecule has 4 nitrogen and oxygen atoms in total. The third-order valence-electron chi connectivity index (χ3n) is 4.11. The number of carbonyl (C=O) groups excluding carboxylic acids is 1. The second-order valence-corrected chi connectivity index (χ2v) is 6.72. The summed E-state index contributed by atoms with van der Waals surface area (Å²) in [5, 5.41) is 14.3. The fourth-order valence-corrected chi connectivity index (χ4v) is 4.10. The Balaban J connectivity index is 1.64. The highest BCUT2D eigenvalue weighted by Gasteiger charge is 2.39. The zero-order valence-electron chi connectivity index (χ0n) is 12.1. The monoisotopic (exact) mass is 304 g/mol. The first-order chi connectivity index (χ1) is 10.1. The van der Waals surface area contributed by atoms with E-state index in [0.717, 1.165) is 23.4 Å². The number of fused-ring (bicyclic) bond motifs is 1. The fourth-order valence-electron chi connectivity index (χ4n) is 2.86. The highest BCUT2D eigenvalue weighted by atomic mass is 32.2. The van der Waals surface area contributed by atoms with Crippen molar-refractivity contribution in [3.8, 4) is 0 Å². The lowest BCUT2D eigenvalue weighted by Gasteiger charge is -2.20. The molecule has 0 aliphatic carbocycles. The van der Waals surface area contributed by atoms with Gasteiger partial charge in [-0.05, 0) is 37.1 Å². The first-order valence-electron chi connectivity index (χ1n) is 7.25. The lowest BCUT2D eigenvalue weighted by atomic mass is 10.0. The van der Waals surface area contributed by atoms with E-state index in [9.17, 15) is 9.90 Å². The van der Waals surface area contributed by atoms with Crippen molar-refractivity contribution in [2.24, 2.45) is 0 Å². The molecule has 21 heavy (non-hydrogen) atoms. The molecule has 0 bridgehead atoms. The summed E-state index contributed by atoms with van der Waals surface area (Å²) in [7, 11) is 0. The van der Waals surface area contributed by atoms with Crippen LogP contribution in [0.2, 0.25) is 0 Å². The molecule has 112 valence electrons. The molecule has 5 heteroatoms. The van der Waals surface area contributed by atoms with Gasteiger partial charge in [0.2, 0.25) is 0 Å². The predicted octanol–water partition coefficient (Wildman–Crippen LogP) is 2.00. The van der Waals surface area contributed by atoms with E-state index in [1.807, 2.05) is 12.1 Å². The predicted molar refractivity (Wildman–Crippen MR) is 86.6 cm³/mol. The number of rotatable bonds is 4. The summed E-state index contributed by atoms with van der Waals surface area (Å²) in [5.41, 5.74) is 2.33. The lowest BCUT2D eigenvalue weighted by Crippen LogP contribution is -2.47. The van der Waals surface area contributed by atoms with E-state index in [1.165, 1.54) is 10.9 Å². The number of aromatic nitrogens is 1. The number of aryl methyl sites for hydroxylation is 1. The van der Waals surface area contributed by atoms with E-state index in [1.54, 1.807) is 11.8 Å². The van der Waals surface area contributed by atoms with Gasteiger partial charge in [0.15, 0.2) is 5.60 Å². The van der Waals surface area contributed by atoms with Crippen LogP contribution in [-0.4, -0.2) is 39.6 Å². The molecule has 1 saturated heterocycles. The molecule has 3 rings (SSSR count). The maximum atomic E-state index is 12.1. The number of aliphatic hydroxyl groups is 1. The zero-order valence-corrected chi connectivity index (χ0v) is 12.9. The Bertz CT molecular complexity index is 659. The van der Waals surface area contributed by atoms with Crippen molar-refractivity contribution in [3.05, 3.63) is 35.5 Å². The Kier molecular flexibility index (Phi) is 3.95. The highest BCUT2D eigenvalue weighted by molar-refractivity contribution is 7.99. The van der Waals surface area contributed by atoms with Gasteiger partial charge in [0.25, 0.3) is 5.91 Å². The largest absolute Gasteiger partial charge is 0.379 e. The fraction of sp³-hybridized carbons (Fsp3) is 0.438. The number of hydrogen-bond donors (Lipinski definition) is 3. The van der Waals surface area contributed by atoms with Crippen LogP contribution in [0.1, 0.15) is 17.7 Å². The van der Waals surface area contributed by atoms with Crippen molar-refractivity contribution in [1.29, 1.82) is 0 Å². The molecular weight excluding hydrogens is 284 g/mol. The Hall–Kier alpha value is -1.46. The topological polar surface area (TPSA) is 65.1 Å². The van der Waals surface area contributed by atoms with Crippen molar-refractivity contribution in [2.45, 2.75) is 25.4 Å². The molecule has 1 atom stereocenters. The van der Waals surface area contributed by atoms with Gasteiger partial charge >= 0.3 is 0 Å². The summed E-state index contributed by atoms with van der Waals surface area (Å²) in [6.07, 6.45) is 1.32. The molecule has 0 spiro atoms. The van der Waals surface area contributed by atoms with E-state index in [0.29, 0.717) is 18.7 Å². The van der Waals surface area contributed by atoms with Crippen LogP contribution in [0.3, 0.4) is 0 Å². The van der Waals surface area contributed by atoms with Crippen LogP contribution >= 0.6 is 11.8 Å². The summed E-state index contributed by atoms with van der Waals surface area (Å²) in [6, 6.07) is 8.19. The maximum Gasteiger partial charge on any atom is 0.252 e. The molecule has 0 radical (unpaired) electrons. The number of hydrogen-bond acceptors (Lipinski definition) is 3. The van der Waals surface area contributed by atoms with E-state index >= 15 is 0 Å². The molecule has 2 aromatic rings. The molecule has 1 aromatic heterocycles. The van der Waals surface area contributed by atoms with Crippen LogP contribution in [0.5, 0.6) is 0 Å². The minimum Gasteiger partial charge on any atom is -0.379 e. The molecular formula is C16H20N2O2S. The first-order valence-corrected chi connectivity index (χ1v) is 8.40. The number of thioether (sulfide) groups is 1. The SMILES string of the molecule is Cc1[nH]c2ccccc2c1CCNC(=O)C1(O)CCSC1. The van der Waals surface area contributed by atoms with Gasteiger partial charge in [0, 0.05) is 28.9 Å². The zero-order chi connectivity index (χ0) is 14.9. The average molecular weight is 304 g/mol. The Morgan fingerprint density at radius 1 is 1.48 bits per heavy atom. The molecule has 1 unspecified atom stereocenters. The van der Waals surface area contributed by atoms with Gasteiger partial charge in [-0.3, -0.25) is 4.79 Å². The lowest BCUT2D eigenvalue weighted by molar-refractivity contribution is -0.137. The van der Waals surface area contributed by atoms with E-state index < -0.39 is 5.60 Å². The third kappa shape index (κ3) is 2.80. The molecule has 1 amide bonds. The standard InChI is InChI=1S/C16H20N2O2S/c1-11-12(13-4-2-3-5-14(13)18-11)6-8-17-15(19)16(20)7-9-21-10-16/h2-5,18,20H,6-10H2,1H3,(H,17,19). The molecule has 1 aliphatic rings. The van der Waals surface area contributed by atoms with Crippen LogP contribution in [0.4, 0.5) is 0 Å². The number of H-pyrrole nitrogens is 1. The van der Waals surface area contributed by atoms with Crippen LogP contribution in [0.25, 0.3) is 10.9 Å².